The van der Waals surface area contributed by atoms with E-state index >= 15 is 0 Å². The van der Waals surface area contributed by atoms with Gasteiger partial charge in [0.2, 0.25) is 0 Å². The molecule has 4 heteroatoms. The number of methoxy groups -OCH3 is 1. The van der Waals surface area contributed by atoms with Gasteiger partial charge in [-0.2, -0.15) is 0 Å². The minimum Gasteiger partial charge on any atom is -0.381 e. The highest BCUT2D eigenvalue weighted by molar-refractivity contribution is 5.74. The lowest BCUT2D eigenvalue weighted by Gasteiger charge is -2.15. The fraction of sp³-hybridized carbons (Fsp3) is 0.900. The largest absolute Gasteiger partial charge is 0.381 e. The predicted octanol–water partition coefficient (Wildman–Crippen LogP) is 1.26. The van der Waals surface area contributed by atoms with Gasteiger partial charge in [0.15, 0.2) is 0 Å². The fourth-order valence-electron chi connectivity index (χ4n) is 1.77. The van der Waals surface area contributed by atoms with E-state index in [4.69, 9.17) is 4.74 Å². The SMILES string of the molecule is COC1CCC(NC(=O)NC(C)C)C1. The Labute approximate surface area is 85.4 Å². The van der Waals surface area contributed by atoms with Gasteiger partial charge in [0.1, 0.15) is 0 Å². The third-order valence-electron chi connectivity index (χ3n) is 2.47. The molecule has 4 nitrogen and oxygen atoms in total. The Kier molecular flexibility index (Phi) is 4.20. The second-order valence-electron chi connectivity index (χ2n) is 4.14. The Morgan fingerprint density at radius 3 is 2.64 bits per heavy atom. The number of carbonyl (C=O) groups is 1. The van der Waals surface area contributed by atoms with Crippen molar-refractivity contribution in [3.8, 4) is 0 Å². The lowest BCUT2D eigenvalue weighted by molar-refractivity contribution is 0.107. The molecule has 0 saturated heterocycles. The van der Waals surface area contributed by atoms with Crippen molar-refractivity contribution in [1.82, 2.24) is 10.6 Å². The van der Waals surface area contributed by atoms with Gasteiger partial charge in [-0.15, -0.1) is 0 Å². The zero-order valence-electron chi connectivity index (χ0n) is 9.17. The van der Waals surface area contributed by atoms with Crippen molar-refractivity contribution < 1.29 is 9.53 Å². The average Bonchev–Trinajstić information content (AvgIpc) is 2.50. The number of carbonyl (C=O) groups excluding carboxylic acids is 1. The van der Waals surface area contributed by atoms with Crippen LogP contribution in [0.3, 0.4) is 0 Å². The van der Waals surface area contributed by atoms with Crippen molar-refractivity contribution in [3.63, 3.8) is 0 Å². The van der Waals surface area contributed by atoms with Crippen molar-refractivity contribution in [1.29, 1.82) is 0 Å². The van der Waals surface area contributed by atoms with Crippen LogP contribution in [0.5, 0.6) is 0 Å². The van der Waals surface area contributed by atoms with Crippen LogP contribution in [0.25, 0.3) is 0 Å². The molecular weight excluding hydrogens is 180 g/mol. The van der Waals surface area contributed by atoms with E-state index < -0.39 is 0 Å². The molecule has 1 aliphatic rings. The van der Waals surface area contributed by atoms with Gasteiger partial charge in [-0.3, -0.25) is 0 Å². The summed E-state index contributed by atoms with van der Waals surface area (Å²) in [5.74, 6) is 0. The van der Waals surface area contributed by atoms with Crippen molar-refractivity contribution in [3.05, 3.63) is 0 Å². The van der Waals surface area contributed by atoms with Gasteiger partial charge in [-0.05, 0) is 33.1 Å². The standard InChI is InChI=1S/C10H20N2O2/c1-7(2)11-10(13)12-8-4-5-9(6-8)14-3/h7-9H,4-6H2,1-3H3,(H2,11,12,13). The van der Waals surface area contributed by atoms with Crippen LogP contribution in [0.2, 0.25) is 0 Å². The van der Waals surface area contributed by atoms with Gasteiger partial charge in [-0.25, -0.2) is 4.79 Å². The number of ether oxygens (including phenoxy) is 1. The van der Waals surface area contributed by atoms with Crippen LogP contribution >= 0.6 is 0 Å². The molecule has 0 aromatic carbocycles. The van der Waals surface area contributed by atoms with Crippen molar-refractivity contribution in [2.75, 3.05) is 7.11 Å². The van der Waals surface area contributed by atoms with Gasteiger partial charge in [0, 0.05) is 19.2 Å². The molecule has 0 spiro atoms. The van der Waals surface area contributed by atoms with Gasteiger partial charge in [0.05, 0.1) is 6.10 Å². The number of amides is 2. The Balaban J connectivity index is 2.22. The Morgan fingerprint density at radius 1 is 1.43 bits per heavy atom. The molecule has 2 unspecified atom stereocenters. The monoisotopic (exact) mass is 200 g/mol. The smallest absolute Gasteiger partial charge is 0.315 e. The topological polar surface area (TPSA) is 50.4 Å². The summed E-state index contributed by atoms with van der Waals surface area (Å²) in [6.45, 7) is 3.90. The average molecular weight is 200 g/mol. The third kappa shape index (κ3) is 3.54. The summed E-state index contributed by atoms with van der Waals surface area (Å²) in [6, 6.07) is 0.398. The second-order valence-corrected chi connectivity index (χ2v) is 4.14. The highest BCUT2D eigenvalue weighted by atomic mass is 16.5. The summed E-state index contributed by atoms with van der Waals surface area (Å²) in [5, 5.41) is 5.76. The van der Waals surface area contributed by atoms with Gasteiger partial charge < -0.3 is 15.4 Å². The van der Waals surface area contributed by atoms with E-state index in [9.17, 15) is 4.79 Å². The van der Waals surface area contributed by atoms with Crippen LogP contribution in [-0.4, -0.2) is 31.3 Å². The van der Waals surface area contributed by atoms with Crippen LogP contribution in [0.1, 0.15) is 33.1 Å². The molecule has 2 N–H and O–H groups in total. The summed E-state index contributed by atoms with van der Waals surface area (Å²) in [4.78, 5) is 11.3. The van der Waals surface area contributed by atoms with Crippen molar-refractivity contribution in [2.45, 2.75) is 51.3 Å². The summed E-state index contributed by atoms with van der Waals surface area (Å²) in [5.41, 5.74) is 0. The number of hydrogen-bond donors (Lipinski definition) is 2. The van der Waals surface area contributed by atoms with E-state index in [1.165, 1.54) is 0 Å². The Morgan fingerprint density at radius 2 is 2.14 bits per heavy atom. The summed E-state index contributed by atoms with van der Waals surface area (Å²) >= 11 is 0. The molecule has 0 heterocycles. The maximum Gasteiger partial charge on any atom is 0.315 e. The molecule has 0 aromatic rings. The molecule has 0 radical (unpaired) electrons. The summed E-state index contributed by atoms with van der Waals surface area (Å²) in [7, 11) is 1.72. The van der Waals surface area contributed by atoms with Crippen molar-refractivity contribution >= 4 is 6.03 Å². The zero-order valence-corrected chi connectivity index (χ0v) is 9.17. The van der Waals surface area contributed by atoms with Crippen LogP contribution in [0.15, 0.2) is 0 Å². The highest BCUT2D eigenvalue weighted by Crippen LogP contribution is 2.21. The maximum atomic E-state index is 11.3. The van der Waals surface area contributed by atoms with E-state index in [0.717, 1.165) is 19.3 Å². The number of urea groups is 1. The minimum atomic E-state index is -0.0678. The van der Waals surface area contributed by atoms with Crippen LogP contribution < -0.4 is 10.6 Å². The first-order valence-electron chi connectivity index (χ1n) is 5.21. The molecule has 0 bridgehead atoms. The minimum absolute atomic E-state index is 0.0678. The van der Waals surface area contributed by atoms with Crippen LogP contribution in [-0.2, 0) is 4.74 Å². The molecule has 2 amide bonds. The fourth-order valence-corrected chi connectivity index (χ4v) is 1.77. The molecule has 82 valence electrons. The first-order chi connectivity index (χ1) is 6.61. The second kappa shape index (κ2) is 5.20. The Bertz CT molecular complexity index is 195. The number of rotatable bonds is 3. The maximum absolute atomic E-state index is 11.3. The molecule has 1 rings (SSSR count). The van der Waals surface area contributed by atoms with Crippen LogP contribution in [0.4, 0.5) is 4.79 Å². The van der Waals surface area contributed by atoms with E-state index in [1.54, 1.807) is 7.11 Å². The summed E-state index contributed by atoms with van der Waals surface area (Å²) in [6.07, 6.45) is 3.31. The van der Waals surface area contributed by atoms with E-state index in [-0.39, 0.29) is 18.1 Å². The quantitative estimate of drug-likeness (QED) is 0.720. The molecule has 1 saturated carbocycles. The third-order valence-corrected chi connectivity index (χ3v) is 2.47. The molecular formula is C10H20N2O2. The predicted molar refractivity (Wildman–Crippen MR) is 55.2 cm³/mol. The highest BCUT2D eigenvalue weighted by Gasteiger charge is 2.25. The van der Waals surface area contributed by atoms with Crippen LogP contribution in [0, 0.1) is 0 Å². The van der Waals surface area contributed by atoms with Crippen molar-refractivity contribution in [2.24, 2.45) is 0 Å². The van der Waals surface area contributed by atoms with E-state index in [1.807, 2.05) is 13.8 Å². The lowest BCUT2D eigenvalue weighted by Crippen LogP contribution is -2.43. The zero-order chi connectivity index (χ0) is 10.6. The van der Waals surface area contributed by atoms with E-state index in [2.05, 4.69) is 10.6 Å². The molecule has 1 aliphatic carbocycles. The van der Waals surface area contributed by atoms with Gasteiger partial charge in [-0.1, -0.05) is 0 Å². The molecule has 2 atom stereocenters. The molecule has 1 fully saturated rings. The van der Waals surface area contributed by atoms with E-state index in [0.29, 0.717) is 6.10 Å². The molecule has 0 aliphatic heterocycles. The molecule has 14 heavy (non-hydrogen) atoms. The van der Waals surface area contributed by atoms with Gasteiger partial charge in [0.25, 0.3) is 0 Å². The number of nitrogens with one attached hydrogen (secondary N) is 2. The lowest BCUT2D eigenvalue weighted by atomic mass is 10.2. The van der Waals surface area contributed by atoms with Gasteiger partial charge >= 0.3 is 6.03 Å². The first-order valence-corrected chi connectivity index (χ1v) is 5.21. The normalized spacial score (nSPS) is 26.6. The first kappa shape index (κ1) is 11.3. The summed E-state index contributed by atoms with van der Waals surface area (Å²) < 4.78 is 5.23. The number of hydrogen-bond acceptors (Lipinski definition) is 2. The molecule has 0 aromatic heterocycles. The Hall–Kier alpha value is -0.770.